The van der Waals surface area contributed by atoms with E-state index in [1.165, 1.54) is 47.4 Å². The van der Waals surface area contributed by atoms with Crippen molar-refractivity contribution in [2.75, 3.05) is 36.4 Å². The minimum atomic E-state index is -0.168. The van der Waals surface area contributed by atoms with Crippen molar-refractivity contribution in [3.8, 4) is 0 Å². The van der Waals surface area contributed by atoms with Crippen LogP contribution in [0.2, 0.25) is 0 Å². The van der Waals surface area contributed by atoms with Crippen molar-refractivity contribution in [3.63, 3.8) is 0 Å². The lowest BCUT2D eigenvalue weighted by Gasteiger charge is -2.37. The van der Waals surface area contributed by atoms with Crippen LogP contribution >= 0.6 is 11.3 Å². The Morgan fingerprint density at radius 3 is 2.53 bits per heavy atom. The van der Waals surface area contributed by atoms with Gasteiger partial charge in [0.2, 0.25) is 16.9 Å². The maximum Gasteiger partial charge on any atom is 0.226 e. The van der Waals surface area contributed by atoms with Gasteiger partial charge in [-0.3, -0.25) is 9.59 Å². The molecule has 1 aromatic heterocycles. The average Bonchev–Trinajstić information content (AvgIpc) is 3.28. The predicted octanol–water partition coefficient (Wildman–Crippen LogP) is 4.27. The van der Waals surface area contributed by atoms with E-state index in [-0.39, 0.29) is 24.7 Å². The molecule has 32 heavy (non-hydrogen) atoms. The number of benzene rings is 1. The zero-order valence-corrected chi connectivity index (χ0v) is 19.9. The van der Waals surface area contributed by atoms with Gasteiger partial charge in [-0.05, 0) is 43.9 Å². The lowest BCUT2D eigenvalue weighted by molar-refractivity contribution is -0.133. The first-order valence-electron chi connectivity index (χ1n) is 11.7. The summed E-state index contributed by atoms with van der Waals surface area (Å²) in [7, 11) is 0. The van der Waals surface area contributed by atoms with Crippen molar-refractivity contribution < 1.29 is 9.59 Å². The first-order chi connectivity index (χ1) is 15.5. The van der Waals surface area contributed by atoms with Crippen LogP contribution in [0.1, 0.15) is 67.0 Å². The first-order valence-corrected chi connectivity index (χ1v) is 12.5. The topological polar surface area (TPSA) is 78.4 Å². The molecule has 7 nitrogen and oxygen atoms in total. The van der Waals surface area contributed by atoms with Gasteiger partial charge in [-0.25, -0.2) is 0 Å². The Morgan fingerprint density at radius 1 is 1.03 bits per heavy atom. The fourth-order valence-electron chi connectivity index (χ4n) is 4.63. The highest BCUT2D eigenvalue weighted by Gasteiger charge is 2.23. The second-order valence-electron chi connectivity index (χ2n) is 8.92. The number of piperazine rings is 1. The second kappa shape index (κ2) is 10.4. The number of nitrogens with zero attached hydrogens (tertiary/aromatic N) is 4. The molecule has 1 aromatic carbocycles. The van der Waals surface area contributed by atoms with Crippen LogP contribution in [0.15, 0.2) is 18.2 Å². The fourth-order valence-corrected chi connectivity index (χ4v) is 5.56. The molecule has 8 heteroatoms. The largest absolute Gasteiger partial charge is 0.368 e. The van der Waals surface area contributed by atoms with Gasteiger partial charge in [-0.2, -0.15) is 0 Å². The molecule has 0 radical (unpaired) electrons. The van der Waals surface area contributed by atoms with E-state index in [0.29, 0.717) is 24.1 Å². The Balaban J connectivity index is 1.21. The molecule has 4 rings (SSSR count). The Labute approximate surface area is 194 Å². The SMILES string of the molecule is Cc1cccc(N2CCN(C(=O)CCC(=O)Nc3nnc(C4CCCCC4)s3)CC2)c1C. The zero-order valence-electron chi connectivity index (χ0n) is 19.1. The van der Waals surface area contributed by atoms with Gasteiger partial charge >= 0.3 is 0 Å². The van der Waals surface area contributed by atoms with E-state index >= 15 is 0 Å². The molecule has 1 aliphatic heterocycles. The van der Waals surface area contributed by atoms with Crippen LogP contribution in [0.4, 0.5) is 10.8 Å². The maximum absolute atomic E-state index is 12.6. The van der Waals surface area contributed by atoms with Crippen LogP contribution in [-0.4, -0.2) is 53.1 Å². The van der Waals surface area contributed by atoms with Crippen LogP contribution in [0.3, 0.4) is 0 Å². The van der Waals surface area contributed by atoms with Gasteiger partial charge in [-0.15, -0.1) is 10.2 Å². The Hall–Kier alpha value is -2.48. The highest BCUT2D eigenvalue weighted by molar-refractivity contribution is 7.15. The zero-order chi connectivity index (χ0) is 22.5. The van der Waals surface area contributed by atoms with Crippen molar-refractivity contribution in [1.82, 2.24) is 15.1 Å². The minimum absolute atomic E-state index is 0.0425. The molecule has 2 fully saturated rings. The summed E-state index contributed by atoms with van der Waals surface area (Å²) in [6.45, 7) is 7.29. The van der Waals surface area contributed by atoms with E-state index in [9.17, 15) is 9.59 Å². The van der Waals surface area contributed by atoms with Gasteiger partial charge in [0.25, 0.3) is 0 Å². The van der Waals surface area contributed by atoms with Gasteiger partial charge in [0.05, 0.1) is 0 Å². The lowest BCUT2D eigenvalue weighted by atomic mass is 9.90. The smallest absolute Gasteiger partial charge is 0.226 e. The van der Waals surface area contributed by atoms with Crippen LogP contribution in [-0.2, 0) is 9.59 Å². The second-order valence-corrected chi connectivity index (χ2v) is 9.92. The summed E-state index contributed by atoms with van der Waals surface area (Å²) in [6.07, 6.45) is 6.51. The van der Waals surface area contributed by atoms with Gasteiger partial charge in [-0.1, -0.05) is 42.7 Å². The predicted molar refractivity (Wildman–Crippen MR) is 128 cm³/mol. The molecule has 2 aliphatic rings. The van der Waals surface area contributed by atoms with E-state index in [4.69, 9.17) is 0 Å². The van der Waals surface area contributed by atoms with Crippen LogP contribution in [0.5, 0.6) is 0 Å². The van der Waals surface area contributed by atoms with E-state index in [0.717, 1.165) is 30.9 Å². The molecule has 1 saturated carbocycles. The number of carbonyl (C=O) groups excluding carboxylic acids is 2. The average molecular weight is 456 g/mol. The summed E-state index contributed by atoms with van der Waals surface area (Å²) >= 11 is 1.48. The third-order valence-corrected chi connectivity index (χ3v) is 7.76. The number of amides is 2. The summed E-state index contributed by atoms with van der Waals surface area (Å²) in [5.74, 6) is 0.357. The number of rotatable bonds is 6. The molecule has 0 atom stereocenters. The van der Waals surface area contributed by atoms with E-state index in [2.05, 4.69) is 52.5 Å². The van der Waals surface area contributed by atoms with E-state index < -0.39 is 0 Å². The number of nitrogens with one attached hydrogen (secondary N) is 1. The number of hydrogen-bond donors (Lipinski definition) is 1. The van der Waals surface area contributed by atoms with E-state index in [1.54, 1.807) is 0 Å². The summed E-state index contributed by atoms with van der Waals surface area (Å²) in [6, 6.07) is 6.36. The standard InChI is InChI=1S/C24H33N5O2S/c1-17-7-6-10-20(18(17)2)28-13-15-29(16-14-28)22(31)12-11-21(30)25-24-27-26-23(32-24)19-8-4-3-5-9-19/h6-7,10,19H,3-5,8-9,11-16H2,1-2H3,(H,25,27,30). The van der Waals surface area contributed by atoms with Crippen LogP contribution in [0.25, 0.3) is 0 Å². The van der Waals surface area contributed by atoms with Gasteiger partial charge in [0, 0.05) is 50.6 Å². The van der Waals surface area contributed by atoms with Crippen molar-refractivity contribution >= 4 is 34.0 Å². The molecular weight excluding hydrogens is 422 g/mol. The van der Waals surface area contributed by atoms with E-state index in [1.807, 2.05) is 4.90 Å². The Morgan fingerprint density at radius 2 is 1.78 bits per heavy atom. The minimum Gasteiger partial charge on any atom is -0.368 e. The molecule has 2 heterocycles. The first kappa shape index (κ1) is 22.7. The van der Waals surface area contributed by atoms with Gasteiger partial charge in [0.15, 0.2) is 0 Å². The van der Waals surface area contributed by atoms with Gasteiger partial charge in [0.1, 0.15) is 5.01 Å². The molecule has 172 valence electrons. The Kier molecular flexibility index (Phi) is 7.40. The van der Waals surface area contributed by atoms with Crippen molar-refractivity contribution in [1.29, 1.82) is 0 Å². The fraction of sp³-hybridized carbons (Fsp3) is 0.583. The summed E-state index contributed by atoms with van der Waals surface area (Å²) in [5, 5.41) is 12.8. The summed E-state index contributed by atoms with van der Waals surface area (Å²) in [5.41, 5.74) is 3.83. The number of hydrogen-bond acceptors (Lipinski definition) is 6. The maximum atomic E-state index is 12.6. The third kappa shape index (κ3) is 5.46. The molecule has 1 aliphatic carbocycles. The molecule has 2 amide bonds. The Bertz CT molecular complexity index is 946. The molecular formula is C24H33N5O2S. The molecule has 2 aromatic rings. The molecule has 1 N–H and O–H groups in total. The molecule has 0 spiro atoms. The number of aromatic nitrogens is 2. The highest BCUT2D eigenvalue weighted by Crippen LogP contribution is 2.35. The number of aryl methyl sites for hydroxylation is 1. The normalized spacial score (nSPS) is 17.4. The van der Waals surface area contributed by atoms with Crippen molar-refractivity contribution in [2.24, 2.45) is 0 Å². The quantitative estimate of drug-likeness (QED) is 0.704. The molecule has 1 saturated heterocycles. The third-order valence-electron chi connectivity index (χ3n) is 6.76. The summed E-state index contributed by atoms with van der Waals surface area (Å²) in [4.78, 5) is 29.2. The van der Waals surface area contributed by atoms with Crippen LogP contribution in [0, 0.1) is 13.8 Å². The van der Waals surface area contributed by atoms with Crippen molar-refractivity contribution in [3.05, 3.63) is 34.3 Å². The lowest BCUT2D eigenvalue weighted by Crippen LogP contribution is -2.49. The van der Waals surface area contributed by atoms with Crippen molar-refractivity contribution in [2.45, 2.75) is 64.7 Å². The molecule has 0 bridgehead atoms. The number of anilines is 2. The van der Waals surface area contributed by atoms with Gasteiger partial charge < -0.3 is 15.1 Å². The molecule has 0 unspecified atom stereocenters. The number of carbonyl (C=O) groups is 2. The van der Waals surface area contributed by atoms with Crippen LogP contribution < -0.4 is 10.2 Å². The highest BCUT2D eigenvalue weighted by atomic mass is 32.1. The summed E-state index contributed by atoms with van der Waals surface area (Å²) < 4.78 is 0. The monoisotopic (exact) mass is 455 g/mol.